The van der Waals surface area contributed by atoms with Crippen LogP contribution in [0.4, 0.5) is 5.69 Å². The quantitative estimate of drug-likeness (QED) is 0.584. The molecule has 0 radical (unpaired) electrons. The van der Waals surface area contributed by atoms with Crippen molar-refractivity contribution in [2.75, 3.05) is 12.3 Å². The van der Waals surface area contributed by atoms with E-state index in [0.717, 1.165) is 5.69 Å². The number of rotatable bonds is 2. The molecule has 0 saturated carbocycles. The number of nitrogens with zero attached hydrogens (tertiary/aromatic N) is 2. The predicted molar refractivity (Wildman–Crippen MR) is 37.2 cm³/mol. The Labute approximate surface area is 58.7 Å². The number of hydrogen-bond donors (Lipinski definition) is 2. The van der Waals surface area contributed by atoms with E-state index in [2.05, 4.69) is 10.2 Å². The first kappa shape index (κ1) is 6.95. The highest BCUT2D eigenvalue weighted by molar-refractivity contribution is 5.34. The van der Waals surface area contributed by atoms with Crippen LogP contribution in [0.5, 0.6) is 0 Å². The van der Waals surface area contributed by atoms with E-state index in [-0.39, 0.29) is 6.61 Å². The van der Waals surface area contributed by atoms with Crippen LogP contribution in [0.2, 0.25) is 0 Å². The van der Waals surface area contributed by atoms with Crippen molar-refractivity contribution in [3.63, 3.8) is 0 Å². The largest absolute Gasteiger partial charge is 0.397 e. The van der Waals surface area contributed by atoms with Gasteiger partial charge in [0.05, 0.1) is 17.6 Å². The molecule has 0 saturated heterocycles. The SMILES string of the molecule is Nc1cnnc(CCO)c1. The van der Waals surface area contributed by atoms with Crippen LogP contribution >= 0.6 is 0 Å². The molecule has 4 heteroatoms. The van der Waals surface area contributed by atoms with Crippen LogP contribution in [-0.4, -0.2) is 21.9 Å². The van der Waals surface area contributed by atoms with Crippen molar-refractivity contribution >= 4 is 5.69 Å². The Hall–Kier alpha value is -1.16. The van der Waals surface area contributed by atoms with Gasteiger partial charge in [0.1, 0.15) is 0 Å². The zero-order valence-corrected chi connectivity index (χ0v) is 5.49. The third kappa shape index (κ3) is 1.66. The van der Waals surface area contributed by atoms with Gasteiger partial charge in [-0.05, 0) is 6.07 Å². The minimum atomic E-state index is 0.0815. The van der Waals surface area contributed by atoms with Crippen molar-refractivity contribution in [1.29, 1.82) is 0 Å². The zero-order valence-electron chi connectivity index (χ0n) is 5.49. The van der Waals surface area contributed by atoms with Gasteiger partial charge in [0, 0.05) is 13.0 Å². The van der Waals surface area contributed by atoms with Crippen LogP contribution < -0.4 is 5.73 Å². The minimum absolute atomic E-state index is 0.0815. The monoisotopic (exact) mass is 139 g/mol. The fourth-order valence-electron chi connectivity index (χ4n) is 0.665. The summed E-state index contributed by atoms with van der Waals surface area (Å²) < 4.78 is 0. The van der Waals surface area contributed by atoms with E-state index in [0.29, 0.717) is 12.1 Å². The van der Waals surface area contributed by atoms with E-state index in [1.807, 2.05) is 0 Å². The molecule has 3 N–H and O–H groups in total. The second kappa shape index (κ2) is 3.12. The average molecular weight is 139 g/mol. The minimum Gasteiger partial charge on any atom is -0.397 e. The Bertz CT molecular complexity index is 214. The third-order valence-electron chi connectivity index (χ3n) is 1.09. The Morgan fingerprint density at radius 1 is 1.60 bits per heavy atom. The number of aliphatic hydroxyl groups excluding tert-OH is 1. The molecule has 0 aliphatic rings. The molecule has 0 bridgehead atoms. The lowest BCUT2D eigenvalue weighted by Gasteiger charge is -1.95. The van der Waals surface area contributed by atoms with Crippen LogP contribution in [0.15, 0.2) is 12.3 Å². The van der Waals surface area contributed by atoms with E-state index >= 15 is 0 Å². The van der Waals surface area contributed by atoms with Crippen molar-refractivity contribution < 1.29 is 5.11 Å². The maximum Gasteiger partial charge on any atom is 0.0726 e. The number of nitrogens with two attached hydrogens (primary N) is 1. The highest BCUT2D eigenvalue weighted by Gasteiger charge is 1.93. The van der Waals surface area contributed by atoms with Gasteiger partial charge in [-0.25, -0.2) is 0 Å². The Morgan fingerprint density at radius 3 is 3.00 bits per heavy atom. The highest BCUT2D eigenvalue weighted by Crippen LogP contribution is 1.99. The molecule has 1 heterocycles. The summed E-state index contributed by atoms with van der Waals surface area (Å²) in [6.45, 7) is 0.0815. The molecule has 0 amide bonds. The average Bonchev–Trinajstić information content (AvgIpc) is 1.88. The summed E-state index contributed by atoms with van der Waals surface area (Å²) in [4.78, 5) is 0. The molecule has 0 unspecified atom stereocenters. The molecule has 0 fully saturated rings. The summed E-state index contributed by atoms with van der Waals surface area (Å²) in [5.74, 6) is 0. The van der Waals surface area contributed by atoms with Crippen LogP contribution in [-0.2, 0) is 6.42 Å². The van der Waals surface area contributed by atoms with Crippen molar-refractivity contribution in [3.8, 4) is 0 Å². The maximum absolute atomic E-state index is 8.50. The van der Waals surface area contributed by atoms with E-state index < -0.39 is 0 Å². The third-order valence-corrected chi connectivity index (χ3v) is 1.09. The number of anilines is 1. The molecule has 0 atom stereocenters. The van der Waals surface area contributed by atoms with Crippen molar-refractivity contribution in [2.24, 2.45) is 0 Å². The molecule has 0 aliphatic carbocycles. The van der Waals surface area contributed by atoms with E-state index in [1.165, 1.54) is 6.20 Å². The van der Waals surface area contributed by atoms with Gasteiger partial charge in [0.15, 0.2) is 0 Å². The van der Waals surface area contributed by atoms with E-state index in [1.54, 1.807) is 6.07 Å². The van der Waals surface area contributed by atoms with Crippen molar-refractivity contribution in [2.45, 2.75) is 6.42 Å². The fraction of sp³-hybridized carbons (Fsp3) is 0.333. The van der Waals surface area contributed by atoms with E-state index in [4.69, 9.17) is 10.8 Å². The Morgan fingerprint density at radius 2 is 2.40 bits per heavy atom. The van der Waals surface area contributed by atoms with Crippen LogP contribution in [0, 0.1) is 0 Å². The lowest BCUT2D eigenvalue weighted by molar-refractivity contribution is 0.298. The molecule has 0 aliphatic heterocycles. The molecule has 10 heavy (non-hydrogen) atoms. The number of aliphatic hydroxyl groups is 1. The first-order chi connectivity index (χ1) is 4.83. The fourth-order valence-corrected chi connectivity index (χ4v) is 0.665. The summed E-state index contributed by atoms with van der Waals surface area (Å²) in [6.07, 6.45) is 1.99. The number of aromatic nitrogens is 2. The van der Waals surface area contributed by atoms with Crippen LogP contribution in [0.25, 0.3) is 0 Å². The summed E-state index contributed by atoms with van der Waals surface area (Å²) in [6, 6.07) is 1.70. The predicted octanol–water partition coefficient (Wildman–Crippen LogP) is -0.406. The summed E-state index contributed by atoms with van der Waals surface area (Å²) in [7, 11) is 0. The lowest BCUT2D eigenvalue weighted by Crippen LogP contribution is -1.98. The smallest absolute Gasteiger partial charge is 0.0726 e. The molecule has 54 valence electrons. The maximum atomic E-state index is 8.50. The molecule has 4 nitrogen and oxygen atoms in total. The first-order valence-electron chi connectivity index (χ1n) is 3.01. The molecule has 1 aromatic heterocycles. The van der Waals surface area contributed by atoms with Gasteiger partial charge in [-0.3, -0.25) is 0 Å². The van der Waals surface area contributed by atoms with Gasteiger partial charge in [0.2, 0.25) is 0 Å². The zero-order chi connectivity index (χ0) is 7.40. The summed E-state index contributed by atoms with van der Waals surface area (Å²) in [5.41, 5.74) is 6.71. The summed E-state index contributed by atoms with van der Waals surface area (Å²) >= 11 is 0. The van der Waals surface area contributed by atoms with Gasteiger partial charge in [-0.15, -0.1) is 0 Å². The van der Waals surface area contributed by atoms with Gasteiger partial charge < -0.3 is 10.8 Å². The second-order valence-electron chi connectivity index (χ2n) is 1.95. The Kier molecular flexibility index (Phi) is 2.17. The highest BCUT2D eigenvalue weighted by atomic mass is 16.3. The standard InChI is InChI=1S/C6H9N3O/c7-5-3-6(1-2-10)9-8-4-5/h3-4,10H,1-2H2,(H2,7,9). The van der Waals surface area contributed by atoms with Gasteiger partial charge in [-0.2, -0.15) is 10.2 Å². The topological polar surface area (TPSA) is 72.0 Å². The molecular weight excluding hydrogens is 130 g/mol. The molecule has 1 aromatic rings. The molecule has 0 spiro atoms. The number of hydrogen-bond acceptors (Lipinski definition) is 4. The van der Waals surface area contributed by atoms with Crippen LogP contribution in [0.3, 0.4) is 0 Å². The lowest BCUT2D eigenvalue weighted by atomic mass is 10.3. The van der Waals surface area contributed by atoms with Crippen molar-refractivity contribution in [3.05, 3.63) is 18.0 Å². The van der Waals surface area contributed by atoms with Gasteiger partial charge >= 0.3 is 0 Å². The van der Waals surface area contributed by atoms with Gasteiger partial charge in [0.25, 0.3) is 0 Å². The molecular formula is C6H9N3O. The molecule has 1 rings (SSSR count). The molecule has 0 aromatic carbocycles. The number of nitrogen functional groups attached to an aromatic ring is 1. The second-order valence-corrected chi connectivity index (χ2v) is 1.95. The first-order valence-corrected chi connectivity index (χ1v) is 3.01. The van der Waals surface area contributed by atoms with Gasteiger partial charge in [-0.1, -0.05) is 0 Å². The van der Waals surface area contributed by atoms with E-state index in [9.17, 15) is 0 Å². The Balaban J connectivity index is 2.75. The van der Waals surface area contributed by atoms with Crippen molar-refractivity contribution in [1.82, 2.24) is 10.2 Å². The summed E-state index contributed by atoms with van der Waals surface area (Å²) in [5, 5.41) is 15.9. The normalized spacial score (nSPS) is 9.70. The van der Waals surface area contributed by atoms with Crippen LogP contribution in [0.1, 0.15) is 5.69 Å².